The zero-order valence-corrected chi connectivity index (χ0v) is 8.56. The average Bonchev–Trinajstić information content (AvgIpc) is 2.39. The largest absolute Gasteiger partial charge is 0.481 e. The molecule has 1 aliphatic rings. The summed E-state index contributed by atoms with van der Waals surface area (Å²) in [6, 6.07) is 0.233. The van der Waals surface area contributed by atoms with E-state index >= 15 is 0 Å². The first-order chi connectivity index (χ1) is 6.56. The average molecular weight is 200 g/mol. The van der Waals surface area contributed by atoms with Crippen LogP contribution in [0.25, 0.3) is 0 Å². The number of carbonyl (C=O) groups is 2. The second-order valence-electron chi connectivity index (χ2n) is 3.50. The highest BCUT2D eigenvalue weighted by atomic mass is 16.4. The topological polar surface area (TPSA) is 60.9 Å². The molecule has 5 nitrogen and oxygen atoms in total. The molecule has 1 amide bonds. The third-order valence-corrected chi connectivity index (χ3v) is 2.62. The summed E-state index contributed by atoms with van der Waals surface area (Å²) in [7, 11) is 1.83. The molecule has 0 saturated carbocycles. The number of hydrogen-bond acceptors (Lipinski definition) is 3. The van der Waals surface area contributed by atoms with Gasteiger partial charge in [0.1, 0.15) is 0 Å². The molecular formula is C9H16N2O3. The first kappa shape index (κ1) is 11.0. The molecular weight excluding hydrogens is 184 g/mol. The zero-order chi connectivity index (χ0) is 10.7. The summed E-state index contributed by atoms with van der Waals surface area (Å²) in [5.41, 5.74) is 0. The lowest BCUT2D eigenvalue weighted by atomic mass is 10.2. The Morgan fingerprint density at radius 2 is 2.29 bits per heavy atom. The Morgan fingerprint density at radius 1 is 1.64 bits per heavy atom. The first-order valence-electron chi connectivity index (χ1n) is 4.81. The predicted molar refractivity (Wildman–Crippen MR) is 50.4 cm³/mol. The van der Waals surface area contributed by atoms with Crippen LogP contribution in [0.4, 0.5) is 0 Å². The van der Waals surface area contributed by atoms with Crippen LogP contribution in [0.1, 0.15) is 26.2 Å². The van der Waals surface area contributed by atoms with Crippen molar-refractivity contribution in [1.82, 2.24) is 10.0 Å². The van der Waals surface area contributed by atoms with Crippen LogP contribution in [-0.4, -0.2) is 46.6 Å². The van der Waals surface area contributed by atoms with Crippen molar-refractivity contribution in [3.8, 4) is 0 Å². The summed E-state index contributed by atoms with van der Waals surface area (Å²) in [6.07, 6.45) is 1.42. The molecule has 1 rings (SSSR count). The molecule has 0 spiro atoms. The van der Waals surface area contributed by atoms with Crippen LogP contribution >= 0.6 is 0 Å². The van der Waals surface area contributed by atoms with Crippen molar-refractivity contribution in [2.45, 2.75) is 32.2 Å². The van der Waals surface area contributed by atoms with Crippen LogP contribution in [0.3, 0.4) is 0 Å². The molecule has 0 aromatic rings. The second kappa shape index (κ2) is 4.41. The van der Waals surface area contributed by atoms with Crippen molar-refractivity contribution in [1.29, 1.82) is 0 Å². The lowest BCUT2D eigenvalue weighted by molar-refractivity contribution is -0.142. The molecule has 0 radical (unpaired) electrons. The van der Waals surface area contributed by atoms with Gasteiger partial charge >= 0.3 is 5.97 Å². The third kappa shape index (κ3) is 2.23. The first-order valence-corrected chi connectivity index (χ1v) is 4.81. The number of nitrogens with zero attached hydrogens (tertiary/aromatic N) is 2. The van der Waals surface area contributed by atoms with Gasteiger partial charge in [-0.15, -0.1) is 0 Å². The van der Waals surface area contributed by atoms with Crippen molar-refractivity contribution in [2.75, 3.05) is 13.6 Å². The van der Waals surface area contributed by atoms with E-state index in [4.69, 9.17) is 5.11 Å². The number of amides is 1. The van der Waals surface area contributed by atoms with Crippen molar-refractivity contribution < 1.29 is 14.7 Å². The summed E-state index contributed by atoms with van der Waals surface area (Å²) in [5, 5.41) is 11.9. The molecule has 14 heavy (non-hydrogen) atoms. The van der Waals surface area contributed by atoms with E-state index in [0.717, 1.165) is 6.42 Å². The number of carboxylic acid groups (broad SMARTS) is 1. The van der Waals surface area contributed by atoms with E-state index in [1.807, 2.05) is 19.0 Å². The van der Waals surface area contributed by atoms with Gasteiger partial charge in [-0.05, 0) is 6.42 Å². The van der Waals surface area contributed by atoms with Gasteiger partial charge in [-0.25, -0.2) is 5.01 Å². The summed E-state index contributed by atoms with van der Waals surface area (Å²) in [4.78, 5) is 21.8. The predicted octanol–water partition coefficient (Wildman–Crippen LogP) is 0.319. The van der Waals surface area contributed by atoms with Gasteiger partial charge in [0.05, 0.1) is 6.42 Å². The summed E-state index contributed by atoms with van der Waals surface area (Å²) in [6.45, 7) is 2.30. The van der Waals surface area contributed by atoms with E-state index < -0.39 is 5.97 Å². The van der Waals surface area contributed by atoms with E-state index in [2.05, 4.69) is 0 Å². The fourth-order valence-electron chi connectivity index (χ4n) is 1.70. The summed E-state index contributed by atoms with van der Waals surface area (Å²) < 4.78 is 0. The molecule has 5 heteroatoms. The van der Waals surface area contributed by atoms with Gasteiger partial charge in [0.2, 0.25) is 5.91 Å². The van der Waals surface area contributed by atoms with E-state index in [1.54, 1.807) is 0 Å². The Balaban J connectivity index is 2.52. The molecule has 1 atom stereocenters. The fraction of sp³-hybridized carbons (Fsp3) is 0.778. The van der Waals surface area contributed by atoms with Crippen molar-refractivity contribution in [3.63, 3.8) is 0 Å². The number of aliphatic carboxylic acids is 1. The zero-order valence-electron chi connectivity index (χ0n) is 8.56. The van der Waals surface area contributed by atoms with E-state index in [1.165, 1.54) is 5.01 Å². The molecule has 1 saturated heterocycles. The van der Waals surface area contributed by atoms with Gasteiger partial charge in [-0.3, -0.25) is 14.6 Å². The number of carboxylic acids is 1. The Hall–Kier alpha value is -1.10. The van der Waals surface area contributed by atoms with E-state index in [9.17, 15) is 9.59 Å². The van der Waals surface area contributed by atoms with Gasteiger partial charge in [-0.2, -0.15) is 0 Å². The Kier molecular flexibility index (Phi) is 3.46. The van der Waals surface area contributed by atoms with Crippen molar-refractivity contribution in [2.24, 2.45) is 0 Å². The maximum atomic E-state index is 11.5. The minimum absolute atomic E-state index is 0.00646. The van der Waals surface area contributed by atoms with Gasteiger partial charge in [0, 0.05) is 26.1 Å². The normalized spacial score (nSPS) is 23.1. The number of hydrogen-bond donors (Lipinski definition) is 1. The summed E-state index contributed by atoms with van der Waals surface area (Å²) >= 11 is 0. The van der Waals surface area contributed by atoms with Crippen molar-refractivity contribution >= 4 is 11.9 Å². The molecule has 1 N–H and O–H groups in total. The second-order valence-corrected chi connectivity index (χ2v) is 3.50. The molecule has 1 fully saturated rings. The maximum absolute atomic E-state index is 11.5. The monoisotopic (exact) mass is 200 g/mol. The van der Waals surface area contributed by atoms with E-state index in [-0.39, 0.29) is 24.9 Å². The highest BCUT2D eigenvalue weighted by molar-refractivity contribution is 5.79. The molecule has 1 unspecified atom stereocenters. The van der Waals surface area contributed by atoms with Gasteiger partial charge in [0.15, 0.2) is 0 Å². The molecule has 0 bridgehead atoms. The Labute approximate surface area is 83.3 Å². The van der Waals surface area contributed by atoms with E-state index in [0.29, 0.717) is 6.42 Å². The van der Waals surface area contributed by atoms with Crippen LogP contribution in [-0.2, 0) is 9.59 Å². The molecule has 0 aliphatic carbocycles. The molecule has 1 heterocycles. The van der Waals surface area contributed by atoms with Crippen LogP contribution < -0.4 is 0 Å². The third-order valence-electron chi connectivity index (χ3n) is 2.62. The SMILES string of the molecule is CCC1CC(=O)N(CCC(=O)O)N1C. The van der Waals surface area contributed by atoms with Crippen LogP contribution in [0.15, 0.2) is 0 Å². The molecule has 0 aromatic carbocycles. The quantitative estimate of drug-likeness (QED) is 0.710. The number of carbonyl (C=O) groups excluding carboxylic acids is 1. The maximum Gasteiger partial charge on any atom is 0.305 e. The van der Waals surface area contributed by atoms with Crippen LogP contribution in [0.5, 0.6) is 0 Å². The number of hydrazine groups is 1. The van der Waals surface area contributed by atoms with Gasteiger partial charge in [0.25, 0.3) is 0 Å². The minimum atomic E-state index is -0.869. The Bertz CT molecular complexity index is 242. The van der Waals surface area contributed by atoms with Gasteiger partial charge in [-0.1, -0.05) is 6.92 Å². The number of rotatable bonds is 4. The minimum Gasteiger partial charge on any atom is -0.481 e. The fourth-order valence-corrected chi connectivity index (χ4v) is 1.70. The van der Waals surface area contributed by atoms with Crippen molar-refractivity contribution in [3.05, 3.63) is 0 Å². The van der Waals surface area contributed by atoms with Crippen LogP contribution in [0.2, 0.25) is 0 Å². The Morgan fingerprint density at radius 3 is 2.71 bits per heavy atom. The lowest BCUT2D eigenvalue weighted by Gasteiger charge is -2.27. The smallest absolute Gasteiger partial charge is 0.305 e. The highest BCUT2D eigenvalue weighted by Crippen LogP contribution is 2.20. The molecule has 80 valence electrons. The molecule has 1 aliphatic heterocycles. The summed E-state index contributed by atoms with van der Waals surface area (Å²) in [5.74, 6) is -0.841. The highest BCUT2D eigenvalue weighted by Gasteiger charge is 2.33. The van der Waals surface area contributed by atoms with Gasteiger partial charge < -0.3 is 5.11 Å². The standard InChI is InChI=1S/C9H16N2O3/c1-3-7-6-8(12)11(10(7)2)5-4-9(13)14/h7H,3-6H2,1-2H3,(H,13,14). The molecule has 0 aromatic heterocycles. The van der Waals surface area contributed by atoms with Crippen LogP contribution in [0, 0.1) is 0 Å². The lowest BCUT2D eigenvalue weighted by Crippen LogP contribution is -2.40.